The van der Waals surface area contributed by atoms with E-state index in [0.717, 1.165) is 45.1 Å². The van der Waals surface area contributed by atoms with Crippen molar-refractivity contribution in [2.24, 2.45) is 10.9 Å². The number of hydrogen-bond acceptors (Lipinski definition) is 4. The molecule has 0 spiro atoms. The second-order valence-electron chi connectivity index (χ2n) is 7.70. The Balaban J connectivity index is 2.45. The van der Waals surface area contributed by atoms with Crippen LogP contribution in [-0.2, 0) is 9.47 Å². The zero-order valence-electron chi connectivity index (χ0n) is 17.5. The van der Waals surface area contributed by atoms with Gasteiger partial charge in [0.05, 0.1) is 6.61 Å². The molecule has 1 aliphatic heterocycles. The lowest BCUT2D eigenvalue weighted by Gasteiger charge is -2.28. The van der Waals surface area contributed by atoms with Crippen molar-refractivity contribution in [1.29, 1.82) is 0 Å². The minimum Gasteiger partial charge on any atom is -0.444 e. The first-order valence-corrected chi connectivity index (χ1v) is 9.82. The summed E-state index contributed by atoms with van der Waals surface area (Å²) in [5.41, 5.74) is -0.475. The van der Waals surface area contributed by atoms with Gasteiger partial charge in [-0.3, -0.25) is 4.99 Å². The first-order valence-electron chi connectivity index (χ1n) is 9.82. The molecular weight excluding hydrogens is 332 g/mol. The summed E-state index contributed by atoms with van der Waals surface area (Å²) in [6.45, 7) is 15.2. The third-order valence-electron chi connectivity index (χ3n) is 4.16. The number of carbonyl (C=O) groups excluding carboxylic acids is 1. The fraction of sp³-hybridized carbons (Fsp3) is 0.895. The molecular formula is C19H38N4O3. The zero-order chi connectivity index (χ0) is 19.6. The molecule has 1 N–H and O–H groups in total. The third kappa shape index (κ3) is 8.25. The fourth-order valence-electron chi connectivity index (χ4n) is 2.97. The molecule has 1 fully saturated rings. The Morgan fingerprint density at radius 1 is 1.31 bits per heavy atom. The number of amides is 1. The summed E-state index contributed by atoms with van der Waals surface area (Å²) >= 11 is 0. The van der Waals surface area contributed by atoms with Crippen molar-refractivity contribution in [3.05, 3.63) is 0 Å². The average Bonchev–Trinajstić information content (AvgIpc) is 3.03. The zero-order valence-corrected chi connectivity index (χ0v) is 17.5. The van der Waals surface area contributed by atoms with E-state index in [-0.39, 0.29) is 6.09 Å². The quantitative estimate of drug-likeness (QED) is 0.525. The summed E-state index contributed by atoms with van der Waals surface area (Å²) in [4.78, 5) is 20.7. The number of rotatable bonds is 8. The van der Waals surface area contributed by atoms with Crippen LogP contribution in [0.4, 0.5) is 4.79 Å². The average molecular weight is 371 g/mol. The van der Waals surface area contributed by atoms with Crippen molar-refractivity contribution in [1.82, 2.24) is 15.1 Å². The van der Waals surface area contributed by atoms with E-state index in [1.54, 1.807) is 11.9 Å². The molecule has 0 saturated carbocycles. The van der Waals surface area contributed by atoms with Gasteiger partial charge in [0.2, 0.25) is 0 Å². The Kier molecular flexibility index (Phi) is 9.76. The highest BCUT2D eigenvalue weighted by Gasteiger charge is 2.25. The Hall–Kier alpha value is -1.50. The number of ether oxygens (including phenoxy) is 2. The van der Waals surface area contributed by atoms with Crippen molar-refractivity contribution in [3.8, 4) is 0 Å². The van der Waals surface area contributed by atoms with Crippen molar-refractivity contribution >= 4 is 12.1 Å². The van der Waals surface area contributed by atoms with Gasteiger partial charge < -0.3 is 24.6 Å². The van der Waals surface area contributed by atoms with Crippen LogP contribution >= 0.6 is 0 Å². The maximum absolute atomic E-state index is 12.3. The van der Waals surface area contributed by atoms with Crippen LogP contribution in [0.2, 0.25) is 0 Å². The number of guanidine groups is 1. The predicted octanol–water partition coefficient (Wildman–Crippen LogP) is 2.57. The molecule has 1 unspecified atom stereocenters. The van der Waals surface area contributed by atoms with Gasteiger partial charge in [-0.1, -0.05) is 6.92 Å². The minimum absolute atomic E-state index is 0.255. The number of hydrogen-bond donors (Lipinski definition) is 1. The second kappa shape index (κ2) is 11.3. The molecule has 0 bridgehead atoms. The lowest BCUT2D eigenvalue weighted by molar-refractivity contribution is 0.0253. The van der Waals surface area contributed by atoms with E-state index in [2.05, 4.69) is 22.1 Å². The van der Waals surface area contributed by atoms with Crippen molar-refractivity contribution in [2.45, 2.75) is 53.1 Å². The maximum atomic E-state index is 12.3. The highest BCUT2D eigenvalue weighted by Crippen LogP contribution is 2.16. The summed E-state index contributed by atoms with van der Waals surface area (Å²) < 4.78 is 11.0. The second-order valence-corrected chi connectivity index (χ2v) is 7.70. The van der Waals surface area contributed by atoms with Crippen molar-refractivity contribution in [2.75, 3.05) is 53.0 Å². The van der Waals surface area contributed by atoms with Crippen LogP contribution in [0, 0.1) is 5.92 Å². The first-order chi connectivity index (χ1) is 12.3. The number of carbonyl (C=O) groups is 1. The SMILES string of the molecule is CCCN(CCNC(=NC)N1CCC(COCC)C1)C(=O)OC(C)(C)C. The summed E-state index contributed by atoms with van der Waals surface area (Å²) in [7, 11) is 1.80. The molecule has 0 aromatic carbocycles. The van der Waals surface area contributed by atoms with Gasteiger partial charge >= 0.3 is 6.09 Å². The lowest BCUT2D eigenvalue weighted by Crippen LogP contribution is -2.45. The molecule has 1 saturated heterocycles. The number of likely N-dealkylation sites (tertiary alicyclic amines) is 1. The Bertz CT molecular complexity index is 449. The van der Waals surface area contributed by atoms with Crippen LogP contribution in [0.25, 0.3) is 0 Å². The van der Waals surface area contributed by atoms with Gasteiger partial charge in [-0.05, 0) is 40.5 Å². The lowest BCUT2D eigenvalue weighted by atomic mass is 10.1. The normalized spacial score (nSPS) is 18.2. The standard InChI is InChI=1S/C19H38N4O3/c1-7-11-22(18(24)26-19(3,4)5)13-10-21-17(20-6)23-12-9-16(14-23)15-25-8-2/h16H,7-15H2,1-6H3,(H,20,21). The molecule has 1 aliphatic rings. The molecule has 0 aromatic heterocycles. The summed E-state index contributed by atoms with van der Waals surface area (Å²) in [5, 5.41) is 3.38. The van der Waals surface area contributed by atoms with Gasteiger partial charge in [0, 0.05) is 52.3 Å². The number of nitrogens with one attached hydrogen (secondary N) is 1. The van der Waals surface area contributed by atoms with Crippen LogP contribution in [0.3, 0.4) is 0 Å². The first kappa shape index (κ1) is 22.5. The number of aliphatic imine (C=N–C) groups is 1. The van der Waals surface area contributed by atoms with E-state index in [4.69, 9.17) is 9.47 Å². The molecule has 26 heavy (non-hydrogen) atoms. The molecule has 7 nitrogen and oxygen atoms in total. The largest absolute Gasteiger partial charge is 0.444 e. The van der Waals surface area contributed by atoms with E-state index in [0.29, 0.717) is 25.6 Å². The molecule has 7 heteroatoms. The fourth-order valence-corrected chi connectivity index (χ4v) is 2.97. The van der Waals surface area contributed by atoms with Gasteiger partial charge in [-0.15, -0.1) is 0 Å². The molecule has 1 rings (SSSR count). The van der Waals surface area contributed by atoms with E-state index in [9.17, 15) is 4.79 Å². The monoisotopic (exact) mass is 370 g/mol. The highest BCUT2D eigenvalue weighted by atomic mass is 16.6. The van der Waals surface area contributed by atoms with Crippen LogP contribution in [0.15, 0.2) is 4.99 Å². The van der Waals surface area contributed by atoms with E-state index in [1.807, 2.05) is 27.7 Å². The smallest absolute Gasteiger partial charge is 0.410 e. The van der Waals surface area contributed by atoms with Gasteiger partial charge in [-0.25, -0.2) is 4.79 Å². The summed E-state index contributed by atoms with van der Waals surface area (Å²) in [5.74, 6) is 1.46. The Morgan fingerprint density at radius 3 is 2.62 bits per heavy atom. The van der Waals surface area contributed by atoms with Gasteiger partial charge in [0.25, 0.3) is 0 Å². The third-order valence-corrected chi connectivity index (χ3v) is 4.16. The summed E-state index contributed by atoms with van der Waals surface area (Å²) in [6, 6.07) is 0. The molecule has 1 atom stereocenters. The van der Waals surface area contributed by atoms with Gasteiger partial charge in [0.1, 0.15) is 5.60 Å². The highest BCUT2D eigenvalue weighted by molar-refractivity contribution is 5.80. The Morgan fingerprint density at radius 2 is 2.04 bits per heavy atom. The van der Waals surface area contributed by atoms with Crippen LogP contribution in [0.5, 0.6) is 0 Å². The predicted molar refractivity (Wildman–Crippen MR) is 106 cm³/mol. The molecule has 1 heterocycles. The van der Waals surface area contributed by atoms with Crippen LogP contribution in [0.1, 0.15) is 47.5 Å². The minimum atomic E-state index is -0.475. The molecule has 0 aliphatic carbocycles. The molecule has 152 valence electrons. The van der Waals surface area contributed by atoms with Crippen LogP contribution < -0.4 is 5.32 Å². The van der Waals surface area contributed by atoms with Crippen molar-refractivity contribution in [3.63, 3.8) is 0 Å². The van der Waals surface area contributed by atoms with Crippen LogP contribution in [-0.4, -0.2) is 80.4 Å². The van der Waals surface area contributed by atoms with E-state index >= 15 is 0 Å². The summed E-state index contributed by atoms with van der Waals surface area (Å²) in [6.07, 6.45) is 1.77. The van der Waals surface area contributed by atoms with E-state index in [1.165, 1.54) is 0 Å². The number of nitrogens with zero attached hydrogens (tertiary/aromatic N) is 3. The molecule has 1 amide bonds. The van der Waals surface area contributed by atoms with Crippen molar-refractivity contribution < 1.29 is 14.3 Å². The van der Waals surface area contributed by atoms with Gasteiger partial charge in [0.15, 0.2) is 5.96 Å². The maximum Gasteiger partial charge on any atom is 0.410 e. The molecule has 0 aromatic rings. The topological polar surface area (TPSA) is 66.4 Å². The molecule has 0 radical (unpaired) electrons. The van der Waals surface area contributed by atoms with Gasteiger partial charge in [-0.2, -0.15) is 0 Å². The van der Waals surface area contributed by atoms with E-state index < -0.39 is 5.60 Å². The Labute approximate surface area is 159 Å².